The van der Waals surface area contributed by atoms with Crippen LogP contribution in [0.5, 0.6) is 0 Å². The molecule has 1 saturated heterocycles. The van der Waals surface area contributed by atoms with E-state index in [0.717, 1.165) is 38.6 Å². The molecular weight excluding hydrogens is 212 g/mol. The van der Waals surface area contributed by atoms with Gasteiger partial charge in [-0.2, -0.15) is 0 Å². The number of aliphatic hydroxyl groups excluding tert-OH is 1. The fourth-order valence-corrected chi connectivity index (χ4v) is 2.86. The molecule has 1 atom stereocenters. The summed E-state index contributed by atoms with van der Waals surface area (Å²) in [5.74, 6) is 0. The molecule has 0 bridgehead atoms. The predicted octanol–water partition coefficient (Wildman–Crippen LogP) is 1.61. The summed E-state index contributed by atoms with van der Waals surface area (Å²) in [5, 5.41) is 13.3. The van der Waals surface area contributed by atoms with Crippen LogP contribution in [0.3, 0.4) is 0 Å². The molecule has 2 fully saturated rings. The summed E-state index contributed by atoms with van der Waals surface area (Å²) in [7, 11) is 0. The second kappa shape index (κ2) is 5.68. The predicted molar refractivity (Wildman–Crippen MR) is 71.1 cm³/mol. The van der Waals surface area contributed by atoms with Crippen LogP contribution >= 0.6 is 0 Å². The maximum atomic E-state index is 9.61. The molecule has 1 heterocycles. The molecule has 0 aromatic heterocycles. The Morgan fingerprint density at radius 3 is 2.41 bits per heavy atom. The quantitative estimate of drug-likeness (QED) is 0.710. The van der Waals surface area contributed by atoms with Crippen molar-refractivity contribution in [2.45, 2.75) is 58.1 Å². The zero-order valence-corrected chi connectivity index (χ0v) is 11.4. The Morgan fingerprint density at radius 2 is 1.94 bits per heavy atom. The highest BCUT2D eigenvalue weighted by atomic mass is 16.3. The second-order valence-electron chi connectivity index (χ2n) is 6.04. The van der Waals surface area contributed by atoms with Crippen molar-refractivity contribution in [3.63, 3.8) is 0 Å². The van der Waals surface area contributed by atoms with Crippen LogP contribution in [0.4, 0.5) is 0 Å². The number of hydrogen-bond acceptors (Lipinski definition) is 3. The Bertz CT molecular complexity index is 236. The van der Waals surface area contributed by atoms with Gasteiger partial charge in [-0.3, -0.25) is 0 Å². The average Bonchev–Trinajstić information content (AvgIpc) is 3.08. The number of β-amino-alcohol motifs (C(OH)–C–C–N with tert-alkyl or cyclic N) is 1. The number of likely N-dealkylation sites (tertiary alicyclic amines) is 1. The van der Waals surface area contributed by atoms with E-state index in [-0.39, 0.29) is 6.10 Å². The molecule has 2 rings (SSSR count). The molecular formula is C14H28N2O. The van der Waals surface area contributed by atoms with Gasteiger partial charge < -0.3 is 15.3 Å². The number of nitrogens with zero attached hydrogens (tertiary/aromatic N) is 1. The molecule has 0 radical (unpaired) electrons. The molecule has 1 saturated carbocycles. The van der Waals surface area contributed by atoms with Gasteiger partial charge in [-0.1, -0.05) is 13.8 Å². The van der Waals surface area contributed by atoms with Crippen LogP contribution < -0.4 is 5.32 Å². The Balaban J connectivity index is 1.84. The Hall–Kier alpha value is -0.120. The summed E-state index contributed by atoms with van der Waals surface area (Å²) in [6, 6.07) is 0.802. The van der Waals surface area contributed by atoms with E-state index in [4.69, 9.17) is 0 Å². The maximum absolute atomic E-state index is 9.61. The Kier molecular flexibility index (Phi) is 4.45. The summed E-state index contributed by atoms with van der Waals surface area (Å²) in [6.45, 7) is 8.88. The lowest BCUT2D eigenvalue weighted by atomic mass is 9.81. The van der Waals surface area contributed by atoms with E-state index >= 15 is 0 Å². The van der Waals surface area contributed by atoms with E-state index in [1.807, 2.05) is 0 Å². The van der Waals surface area contributed by atoms with Crippen LogP contribution in [-0.2, 0) is 0 Å². The van der Waals surface area contributed by atoms with Crippen LogP contribution in [0.25, 0.3) is 0 Å². The van der Waals surface area contributed by atoms with Gasteiger partial charge in [0.25, 0.3) is 0 Å². The molecule has 100 valence electrons. The van der Waals surface area contributed by atoms with Gasteiger partial charge in [0.2, 0.25) is 0 Å². The van der Waals surface area contributed by atoms with Gasteiger partial charge in [-0.15, -0.1) is 0 Å². The average molecular weight is 240 g/mol. The monoisotopic (exact) mass is 240 g/mol. The zero-order valence-electron chi connectivity index (χ0n) is 11.4. The van der Waals surface area contributed by atoms with Crippen molar-refractivity contribution >= 4 is 0 Å². The van der Waals surface area contributed by atoms with Gasteiger partial charge in [0.05, 0.1) is 6.10 Å². The van der Waals surface area contributed by atoms with Crippen molar-refractivity contribution in [1.29, 1.82) is 0 Å². The normalized spacial score (nSPS) is 26.6. The topological polar surface area (TPSA) is 35.5 Å². The third kappa shape index (κ3) is 3.67. The summed E-state index contributed by atoms with van der Waals surface area (Å²) < 4.78 is 0. The van der Waals surface area contributed by atoms with Crippen LogP contribution in [0.1, 0.15) is 46.0 Å². The summed E-state index contributed by atoms with van der Waals surface area (Å²) in [4.78, 5) is 2.45. The molecule has 1 aliphatic heterocycles. The van der Waals surface area contributed by atoms with Gasteiger partial charge in [0, 0.05) is 32.2 Å². The van der Waals surface area contributed by atoms with Crippen molar-refractivity contribution in [2.75, 3.05) is 26.2 Å². The summed E-state index contributed by atoms with van der Waals surface area (Å²) in [6.07, 6.45) is 6.07. The molecule has 0 aromatic rings. The van der Waals surface area contributed by atoms with Crippen LogP contribution in [0.15, 0.2) is 0 Å². The van der Waals surface area contributed by atoms with Crippen molar-refractivity contribution in [3.8, 4) is 0 Å². The smallest absolute Gasteiger partial charge is 0.0679 e. The standard InChI is InChI=1S/C14H28N2O/c1-3-14(4-2,10-15-12-5-6-12)11-16-8-7-13(17)9-16/h12-13,15,17H,3-11H2,1-2H3. The van der Waals surface area contributed by atoms with Gasteiger partial charge in [-0.05, 0) is 37.5 Å². The van der Waals surface area contributed by atoms with Crippen LogP contribution in [-0.4, -0.2) is 48.3 Å². The third-order valence-electron chi connectivity index (χ3n) is 4.65. The SMILES string of the molecule is CCC(CC)(CNC1CC1)CN1CCC(O)C1. The van der Waals surface area contributed by atoms with Gasteiger partial charge in [0.15, 0.2) is 0 Å². The first kappa shape index (κ1) is 13.3. The lowest BCUT2D eigenvalue weighted by Gasteiger charge is -2.36. The molecule has 2 N–H and O–H groups in total. The first-order valence-corrected chi connectivity index (χ1v) is 7.31. The molecule has 3 nitrogen and oxygen atoms in total. The molecule has 2 aliphatic rings. The molecule has 0 spiro atoms. The van der Waals surface area contributed by atoms with Crippen LogP contribution in [0, 0.1) is 5.41 Å². The minimum Gasteiger partial charge on any atom is -0.392 e. The maximum Gasteiger partial charge on any atom is 0.0679 e. The van der Waals surface area contributed by atoms with E-state index < -0.39 is 0 Å². The highest BCUT2D eigenvalue weighted by Crippen LogP contribution is 2.30. The fraction of sp³-hybridized carbons (Fsp3) is 1.00. The summed E-state index contributed by atoms with van der Waals surface area (Å²) >= 11 is 0. The number of rotatable bonds is 7. The highest BCUT2D eigenvalue weighted by Gasteiger charge is 2.33. The minimum atomic E-state index is -0.0854. The van der Waals surface area contributed by atoms with Gasteiger partial charge in [0.1, 0.15) is 0 Å². The first-order valence-electron chi connectivity index (χ1n) is 7.31. The summed E-state index contributed by atoms with van der Waals surface area (Å²) in [5.41, 5.74) is 0.409. The van der Waals surface area contributed by atoms with Crippen molar-refractivity contribution in [2.24, 2.45) is 5.41 Å². The van der Waals surface area contributed by atoms with Crippen molar-refractivity contribution in [1.82, 2.24) is 10.2 Å². The zero-order chi connectivity index (χ0) is 12.3. The fourth-order valence-electron chi connectivity index (χ4n) is 2.86. The first-order chi connectivity index (χ1) is 8.17. The largest absolute Gasteiger partial charge is 0.392 e. The molecule has 1 aliphatic carbocycles. The third-order valence-corrected chi connectivity index (χ3v) is 4.65. The molecule has 1 unspecified atom stereocenters. The van der Waals surface area contributed by atoms with Gasteiger partial charge in [-0.25, -0.2) is 0 Å². The lowest BCUT2D eigenvalue weighted by Crippen LogP contribution is -2.43. The highest BCUT2D eigenvalue weighted by molar-refractivity contribution is 4.90. The van der Waals surface area contributed by atoms with Crippen molar-refractivity contribution < 1.29 is 5.11 Å². The van der Waals surface area contributed by atoms with Crippen molar-refractivity contribution in [3.05, 3.63) is 0 Å². The lowest BCUT2D eigenvalue weighted by molar-refractivity contribution is 0.129. The van der Waals surface area contributed by atoms with Crippen LogP contribution in [0.2, 0.25) is 0 Å². The van der Waals surface area contributed by atoms with Gasteiger partial charge >= 0.3 is 0 Å². The molecule has 0 aromatic carbocycles. The number of nitrogens with one attached hydrogen (secondary N) is 1. The van der Waals surface area contributed by atoms with E-state index in [0.29, 0.717) is 5.41 Å². The Labute approximate surface area is 106 Å². The minimum absolute atomic E-state index is 0.0854. The Morgan fingerprint density at radius 1 is 1.24 bits per heavy atom. The number of hydrogen-bond donors (Lipinski definition) is 2. The molecule has 17 heavy (non-hydrogen) atoms. The van der Waals surface area contributed by atoms with E-state index in [9.17, 15) is 5.11 Å². The second-order valence-corrected chi connectivity index (χ2v) is 6.04. The van der Waals surface area contributed by atoms with E-state index in [1.165, 1.54) is 25.7 Å². The number of aliphatic hydroxyl groups is 1. The van der Waals surface area contributed by atoms with E-state index in [2.05, 4.69) is 24.1 Å². The molecule has 3 heteroatoms. The van der Waals surface area contributed by atoms with E-state index in [1.54, 1.807) is 0 Å². The molecule has 0 amide bonds.